The van der Waals surface area contributed by atoms with Gasteiger partial charge in [-0.2, -0.15) is 0 Å². The summed E-state index contributed by atoms with van der Waals surface area (Å²) in [6.07, 6.45) is 0.685. The van der Waals surface area contributed by atoms with Crippen LogP contribution in [0.25, 0.3) is 0 Å². The first-order chi connectivity index (χ1) is 14.3. The van der Waals surface area contributed by atoms with Gasteiger partial charge in [-0.25, -0.2) is 13.1 Å². The molecular formula is C22H29N3O4S. The molecule has 2 aromatic rings. The summed E-state index contributed by atoms with van der Waals surface area (Å²) < 4.78 is 26.9. The largest absolute Gasteiger partial charge is 0.353 e. The molecule has 8 heteroatoms. The van der Waals surface area contributed by atoms with Crippen LogP contribution in [-0.2, 0) is 21.4 Å². The van der Waals surface area contributed by atoms with Crippen LogP contribution in [0.3, 0.4) is 0 Å². The van der Waals surface area contributed by atoms with Crippen LogP contribution in [0.1, 0.15) is 36.2 Å². The van der Waals surface area contributed by atoms with Crippen molar-refractivity contribution in [3.05, 3.63) is 71.8 Å². The summed E-state index contributed by atoms with van der Waals surface area (Å²) in [5, 5.41) is 5.40. The van der Waals surface area contributed by atoms with E-state index in [0.717, 1.165) is 5.56 Å². The first-order valence-electron chi connectivity index (χ1n) is 9.97. The molecule has 162 valence electrons. The van der Waals surface area contributed by atoms with Crippen molar-refractivity contribution in [2.45, 2.75) is 32.9 Å². The van der Waals surface area contributed by atoms with Gasteiger partial charge in [-0.15, -0.1) is 0 Å². The third-order valence-electron chi connectivity index (χ3n) is 4.83. The molecule has 0 aliphatic carbocycles. The van der Waals surface area contributed by atoms with Crippen LogP contribution in [-0.4, -0.2) is 38.6 Å². The molecule has 0 saturated carbocycles. The second-order valence-corrected chi connectivity index (χ2v) is 9.05. The van der Waals surface area contributed by atoms with E-state index in [-0.39, 0.29) is 30.7 Å². The Hall–Kier alpha value is -2.71. The van der Waals surface area contributed by atoms with Gasteiger partial charge in [0.25, 0.3) is 5.91 Å². The van der Waals surface area contributed by atoms with Gasteiger partial charge in [0.1, 0.15) is 6.04 Å². The standard InChI is InChI=1S/C22H29N3O4S/c1-3-17(2)20(25-21(26)19-12-8-5-9-13-19)22(27)23-14-15-30(28,29)24-16-18-10-6-4-7-11-18/h4-13,17,20,24H,3,14-16H2,1-2H3,(H,23,27)(H,25,26). The minimum Gasteiger partial charge on any atom is -0.353 e. The maximum absolute atomic E-state index is 12.6. The lowest BCUT2D eigenvalue weighted by Crippen LogP contribution is -2.51. The van der Waals surface area contributed by atoms with Crippen LogP contribution >= 0.6 is 0 Å². The first kappa shape index (κ1) is 23.6. The topological polar surface area (TPSA) is 104 Å². The van der Waals surface area contributed by atoms with E-state index in [1.807, 2.05) is 50.2 Å². The summed E-state index contributed by atoms with van der Waals surface area (Å²) in [4.78, 5) is 25.1. The van der Waals surface area contributed by atoms with Gasteiger partial charge in [0.05, 0.1) is 5.75 Å². The summed E-state index contributed by atoms with van der Waals surface area (Å²) in [6.45, 7) is 3.95. The van der Waals surface area contributed by atoms with Gasteiger partial charge < -0.3 is 10.6 Å². The van der Waals surface area contributed by atoms with Crippen molar-refractivity contribution in [1.82, 2.24) is 15.4 Å². The average molecular weight is 432 g/mol. The zero-order chi connectivity index (χ0) is 22.0. The molecule has 2 unspecified atom stereocenters. The number of hydrogen-bond acceptors (Lipinski definition) is 4. The van der Waals surface area contributed by atoms with E-state index in [1.165, 1.54) is 0 Å². The Morgan fingerprint density at radius 2 is 1.57 bits per heavy atom. The Bertz CT molecular complexity index is 918. The van der Waals surface area contributed by atoms with Crippen LogP contribution < -0.4 is 15.4 Å². The van der Waals surface area contributed by atoms with E-state index >= 15 is 0 Å². The lowest BCUT2D eigenvalue weighted by molar-refractivity contribution is -0.124. The van der Waals surface area contributed by atoms with E-state index in [4.69, 9.17) is 0 Å². The normalized spacial score (nSPS) is 13.3. The quantitative estimate of drug-likeness (QED) is 0.507. The highest BCUT2D eigenvalue weighted by molar-refractivity contribution is 7.89. The number of carbonyl (C=O) groups is 2. The molecule has 2 rings (SSSR count). The van der Waals surface area contributed by atoms with Gasteiger partial charge in [-0.05, 0) is 23.6 Å². The molecule has 2 aromatic carbocycles. The minimum atomic E-state index is -3.55. The Balaban J connectivity index is 1.88. The van der Waals surface area contributed by atoms with Crippen LogP contribution in [0.5, 0.6) is 0 Å². The Morgan fingerprint density at radius 1 is 0.967 bits per heavy atom. The molecule has 0 bridgehead atoms. The first-order valence-corrected chi connectivity index (χ1v) is 11.6. The molecule has 0 spiro atoms. The predicted molar refractivity (Wildman–Crippen MR) is 117 cm³/mol. The predicted octanol–water partition coefficient (Wildman–Crippen LogP) is 2.07. The van der Waals surface area contributed by atoms with Crippen molar-refractivity contribution < 1.29 is 18.0 Å². The fourth-order valence-corrected chi connectivity index (χ4v) is 3.70. The third kappa shape index (κ3) is 7.61. The Kier molecular flexibility index (Phi) is 9.01. The monoisotopic (exact) mass is 431 g/mol. The molecule has 30 heavy (non-hydrogen) atoms. The number of hydrogen-bond donors (Lipinski definition) is 3. The highest BCUT2D eigenvalue weighted by atomic mass is 32.2. The van der Waals surface area contributed by atoms with Gasteiger partial charge in [0.2, 0.25) is 15.9 Å². The fourth-order valence-electron chi connectivity index (χ4n) is 2.80. The van der Waals surface area contributed by atoms with Gasteiger partial charge in [0, 0.05) is 18.7 Å². The Morgan fingerprint density at radius 3 is 2.17 bits per heavy atom. The number of carbonyl (C=O) groups excluding carboxylic acids is 2. The van der Waals surface area contributed by atoms with Crippen molar-refractivity contribution in [3.8, 4) is 0 Å². The summed E-state index contributed by atoms with van der Waals surface area (Å²) in [5.41, 5.74) is 1.32. The minimum absolute atomic E-state index is 0.0445. The average Bonchev–Trinajstić information content (AvgIpc) is 2.76. The second kappa shape index (κ2) is 11.5. The van der Waals surface area contributed by atoms with Gasteiger partial charge in [-0.3, -0.25) is 9.59 Å². The number of benzene rings is 2. The van der Waals surface area contributed by atoms with Gasteiger partial charge >= 0.3 is 0 Å². The van der Waals surface area contributed by atoms with Crippen LogP contribution in [0.4, 0.5) is 0 Å². The maximum atomic E-state index is 12.6. The number of amides is 2. The molecule has 0 aliphatic rings. The van der Waals surface area contributed by atoms with Crippen LogP contribution in [0.2, 0.25) is 0 Å². The summed E-state index contributed by atoms with van der Waals surface area (Å²) in [7, 11) is -3.55. The van der Waals surface area contributed by atoms with Crippen molar-refractivity contribution >= 4 is 21.8 Å². The second-order valence-electron chi connectivity index (χ2n) is 7.12. The lowest BCUT2D eigenvalue weighted by atomic mass is 9.98. The van der Waals surface area contributed by atoms with Crippen LogP contribution in [0.15, 0.2) is 60.7 Å². The molecule has 0 fully saturated rings. The molecule has 0 heterocycles. The zero-order valence-electron chi connectivity index (χ0n) is 17.3. The number of sulfonamides is 1. The Labute approximate surface area is 178 Å². The molecular weight excluding hydrogens is 402 g/mol. The number of rotatable bonds is 11. The van der Waals surface area contributed by atoms with E-state index in [0.29, 0.717) is 12.0 Å². The zero-order valence-corrected chi connectivity index (χ0v) is 18.1. The molecule has 2 atom stereocenters. The summed E-state index contributed by atoms with van der Waals surface area (Å²) >= 11 is 0. The third-order valence-corrected chi connectivity index (χ3v) is 6.15. The molecule has 0 radical (unpaired) electrons. The van der Waals surface area contributed by atoms with Crippen molar-refractivity contribution in [2.75, 3.05) is 12.3 Å². The molecule has 0 saturated heterocycles. The van der Waals surface area contributed by atoms with Crippen molar-refractivity contribution in [1.29, 1.82) is 0 Å². The maximum Gasteiger partial charge on any atom is 0.251 e. The summed E-state index contributed by atoms with van der Waals surface area (Å²) in [5.74, 6) is -1.09. The number of nitrogens with one attached hydrogen (secondary N) is 3. The summed E-state index contributed by atoms with van der Waals surface area (Å²) in [6, 6.07) is 17.1. The lowest BCUT2D eigenvalue weighted by Gasteiger charge is -2.23. The van der Waals surface area contributed by atoms with Crippen LogP contribution in [0, 0.1) is 5.92 Å². The van der Waals surface area contributed by atoms with E-state index in [2.05, 4.69) is 15.4 Å². The van der Waals surface area contributed by atoms with Gasteiger partial charge in [0.15, 0.2) is 0 Å². The van der Waals surface area contributed by atoms with E-state index in [1.54, 1.807) is 24.3 Å². The fraction of sp³-hybridized carbons (Fsp3) is 0.364. The van der Waals surface area contributed by atoms with Gasteiger partial charge in [-0.1, -0.05) is 68.8 Å². The van der Waals surface area contributed by atoms with E-state index < -0.39 is 22.0 Å². The molecule has 0 aliphatic heterocycles. The van der Waals surface area contributed by atoms with Crippen molar-refractivity contribution in [3.63, 3.8) is 0 Å². The SMILES string of the molecule is CCC(C)C(NC(=O)c1ccccc1)C(=O)NCCS(=O)(=O)NCc1ccccc1. The van der Waals surface area contributed by atoms with Crippen molar-refractivity contribution in [2.24, 2.45) is 5.92 Å². The molecule has 3 N–H and O–H groups in total. The molecule has 0 aromatic heterocycles. The highest BCUT2D eigenvalue weighted by Gasteiger charge is 2.26. The highest BCUT2D eigenvalue weighted by Crippen LogP contribution is 2.10. The molecule has 7 nitrogen and oxygen atoms in total. The van der Waals surface area contributed by atoms with E-state index in [9.17, 15) is 18.0 Å². The smallest absolute Gasteiger partial charge is 0.251 e. The molecule has 2 amide bonds.